The van der Waals surface area contributed by atoms with Gasteiger partial charge in [-0.25, -0.2) is 0 Å². The Morgan fingerprint density at radius 1 is 1.16 bits per heavy atom. The van der Waals surface area contributed by atoms with Crippen LogP contribution in [0.5, 0.6) is 0 Å². The Morgan fingerprint density at radius 3 is 2.69 bits per heavy atom. The van der Waals surface area contributed by atoms with Crippen LogP contribution in [0.15, 0.2) is 64.4 Å². The smallest absolute Gasteiger partial charge is 0.336 e. The van der Waals surface area contributed by atoms with Crippen LogP contribution in [0.3, 0.4) is 0 Å². The van der Waals surface area contributed by atoms with E-state index in [0.29, 0.717) is 17.8 Å². The van der Waals surface area contributed by atoms with Crippen LogP contribution in [0.25, 0.3) is 0 Å². The first kappa shape index (κ1) is 22.5. The minimum absolute atomic E-state index is 0.0219. The summed E-state index contributed by atoms with van der Waals surface area (Å²) in [6, 6.07) is 12.3. The van der Waals surface area contributed by atoms with Crippen molar-refractivity contribution in [3.8, 4) is 0 Å². The highest BCUT2D eigenvalue weighted by atomic mass is 32.2. The van der Waals surface area contributed by atoms with E-state index in [1.807, 2.05) is 19.1 Å². The quantitative estimate of drug-likeness (QED) is 0.558. The first-order valence-corrected chi connectivity index (χ1v) is 11.3. The van der Waals surface area contributed by atoms with Crippen molar-refractivity contribution in [2.75, 3.05) is 11.4 Å². The first-order valence-electron chi connectivity index (χ1n) is 10.5. The third-order valence-electron chi connectivity index (χ3n) is 5.77. The summed E-state index contributed by atoms with van der Waals surface area (Å²) in [5.41, 5.74) is 0.230. The van der Waals surface area contributed by atoms with Crippen molar-refractivity contribution < 1.29 is 22.8 Å². The number of hydrogen-bond acceptors (Lipinski definition) is 3. The van der Waals surface area contributed by atoms with Gasteiger partial charge in [0.05, 0.1) is 22.7 Å². The van der Waals surface area contributed by atoms with Crippen molar-refractivity contribution in [1.29, 1.82) is 0 Å². The molecule has 8 heteroatoms. The number of alkyl halides is 3. The molecule has 2 heterocycles. The lowest BCUT2D eigenvalue weighted by molar-refractivity contribution is -0.137. The SMILES string of the molecule is CC1CCCCN1C(=O)/C=C1/Sc2ccccc2N(Cc2cccc(C(F)(F)F)c2)C1=O. The normalized spacial score (nSPS) is 20.4. The van der Waals surface area contributed by atoms with Crippen LogP contribution in [0.4, 0.5) is 18.9 Å². The van der Waals surface area contributed by atoms with Crippen LogP contribution in [0, 0.1) is 0 Å². The zero-order valence-corrected chi connectivity index (χ0v) is 18.4. The van der Waals surface area contributed by atoms with Gasteiger partial charge in [-0.2, -0.15) is 13.2 Å². The molecule has 1 atom stereocenters. The first-order chi connectivity index (χ1) is 15.2. The van der Waals surface area contributed by atoms with Crippen molar-refractivity contribution in [2.45, 2.75) is 49.8 Å². The number of benzene rings is 2. The lowest BCUT2D eigenvalue weighted by Crippen LogP contribution is -2.42. The number of para-hydroxylation sites is 1. The molecular weight excluding hydrogens is 437 g/mol. The van der Waals surface area contributed by atoms with Gasteiger partial charge >= 0.3 is 6.18 Å². The number of anilines is 1. The highest BCUT2D eigenvalue weighted by molar-refractivity contribution is 8.04. The Balaban J connectivity index is 1.65. The highest BCUT2D eigenvalue weighted by Crippen LogP contribution is 2.42. The number of carbonyl (C=O) groups excluding carboxylic acids is 2. The monoisotopic (exact) mass is 460 g/mol. The number of likely N-dealkylation sites (tertiary alicyclic amines) is 1. The van der Waals surface area contributed by atoms with Gasteiger partial charge in [0.1, 0.15) is 0 Å². The lowest BCUT2D eigenvalue weighted by Gasteiger charge is -2.34. The van der Waals surface area contributed by atoms with E-state index < -0.39 is 11.7 Å². The van der Waals surface area contributed by atoms with E-state index in [4.69, 9.17) is 0 Å². The standard InChI is InChI=1S/C24H23F3N2O2S/c1-16-7-4-5-12-28(16)22(30)14-21-23(31)29(19-10-2-3-11-20(19)32-21)15-17-8-6-9-18(13-17)24(25,26)27/h2-3,6,8-11,13-14,16H,4-5,7,12,15H2,1H3/b21-14+. The van der Waals surface area contributed by atoms with Crippen LogP contribution in [0.2, 0.25) is 0 Å². The van der Waals surface area contributed by atoms with E-state index in [2.05, 4.69) is 0 Å². The van der Waals surface area contributed by atoms with Crippen LogP contribution in [-0.2, 0) is 22.3 Å². The predicted molar refractivity (Wildman–Crippen MR) is 118 cm³/mol. The summed E-state index contributed by atoms with van der Waals surface area (Å²) in [4.78, 5) is 30.5. The molecule has 0 bridgehead atoms. The number of piperidine rings is 1. The summed E-state index contributed by atoms with van der Waals surface area (Å²) in [5, 5.41) is 0. The van der Waals surface area contributed by atoms with E-state index >= 15 is 0 Å². The molecule has 0 aromatic heterocycles. The predicted octanol–water partition coefficient (Wildman–Crippen LogP) is 5.63. The maximum Gasteiger partial charge on any atom is 0.416 e. The third-order valence-corrected chi connectivity index (χ3v) is 6.85. The molecule has 2 aliphatic heterocycles. The second-order valence-electron chi connectivity index (χ2n) is 8.04. The average Bonchev–Trinajstić information content (AvgIpc) is 2.76. The summed E-state index contributed by atoms with van der Waals surface area (Å²) in [7, 11) is 0. The zero-order valence-electron chi connectivity index (χ0n) is 17.6. The van der Waals surface area contributed by atoms with Gasteiger partial charge in [-0.15, -0.1) is 0 Å². The fourth-order valence-electron chi connectivity index (χ4n) is 4.07. The molecular formula is C24H23F3N2O2S. The van der Waals surface area contributed by atoms with Crippen molar-refractivity contribution in [3.05, 3.63) is 70.6 Å². The van der Waals surface area contributed by atoms with Gasteiger partial charge in [0, 0.05) is 23.6 Å². The molecule has 2 amide bonds. The molecule has 0 N–H and O–H groups in total. The van der Waals surface area contributed by atoms with Crippen LogP contribution in [0.1, 0.15) is 37.3 Å². The number of thioether (sulfide) groups is 1. The molecule has 0 saturated carbocycles. The highest BCUT2D eigenvalue weighted by Gasteiger charge is 2.33. The third kappa shape index (κ3) is 4.70. The topological polar surface area (TPSA) is 40.6 Å². The Hall–Kier alpha value is -2.74. The summed E-state index contributed by atoms with van der Waals surface area (Å²) >= 11 is 1.22. The van der Waals surface area contributed by atoms with Gasteiger partial charge in [-0.1, -0.05) is 36.0 Å². The summed E-state index contributed by atoms with van der Waals surface area (Å²) < 4.78 is 39.4. The minimum atomic E-state index is -4.46. The molecule has 4 rings (SSSR count). The number of carbonyl (C=O) groups is 2. The van der Waals surface area contributed by atoms with Gasteiger partial charge < -0.3 is 9.80 Å². The van der Waals surface area contributed by atoms with Gasteiger partial charge in [0.25, 0.3) is 5.91 Å². The number of nitrogens with zero attached hydrogens (tertiary/aromatic N) is 2. The second kappa shape index (κ2) is 9.02. The Kier molecular flexibility index (Phi) is 6.33. The molecule has 4 nitrogen and oxygen atoms in total. The van der Waals surface area contributed by atoms with Gasteiger partial charge in [0.15, 0.2) is 0 Å². The number of hydrogen-bond donors (Lipinski definition) is 0. The van der Waals surface area contributed by atoms with E-state index in [1.54, 1.807) is 23.1 Å². The number of halogens is 3. The summed E-state index contributed by atoms with van der Waals surface area (Å²) in [5.74, 6) is -0.587. The van der Waals surface area contributed by atoms with Crippen molar-refractivity contribution in [1.82, 2.24) is 4.90 Å². The molecule has 0 aliphatic carbocycles. The Labute approximate surface area is 189 Å². The molecule has 32 heavy (non-hydrogen) atoms. The number of amides is 2. The summed E-state index contributed by atoms with van der Waals surface area (Å²) in [6.45, 7) is 2.64. The maximum atomic E-state index is 13.3. The van der Waals surface area contributed by atoms with E-state index in [-0.39, 0.29) is 29.3 Å². The molecule has 0 spiro atoms. The average molecular weight is 461 g/mol. The van der Waals surface area contributed by atoms with Crippen molar-refractivity contribution in [2.24, 2.45) is 0 Å². The Morgan fingerprint density at radius 2 is 1.94 bits per heavy atom. The number of fused-ring (bicyclic) bond motifs is 1. The van der Waals surface area contributed by atoms with Crippen molar-refractivity contribution in [3.63, 3.8) is 0 Å². The second-order valence-corrected chi connectivity index (χ2v) is 9.13. The molecule has 1 unspecified atom stereocenters. The van der Waals surface area contributed by atoms with Gasteiger partial charge in [0.2, 0.25) is 5.91 Å². The summed E-state index contributed by atoms with van der Waals surface area (Å²) in [6.07, 6.45) is -0.138. The van der Waals surface area contributed by atoms with Crippen LogP contribution in [-0.4, -0.2) is 29.3 Å². The maximum absolute atomic E-state index is 13.3. The van der Waals surface area contributed by atoms with Crippen LogP contribution >= 0.6 is 11.8 Å². The Bertz CT molecular complexity index is 1070. The van der Waals surface area contributed by atoms with Gasteiger partial charge in [-0.3, -0.25) is 9.59 Å². The van der Waals surface area contributed by atoms with Crippen molar-refractivity contribution >= 4 is 29.3 Å². The fraction of sp³-hybridized carbons (Fsp3) is 0.333. The molecule has 1 saturated heterocycles. The lowest BCUT2D eigenvalue weighted by atomic mass is 10.0. The minimum Gasteiger partial charge on any atom is -0.336 e. The zero-order chi connectivity index (χ0) is 22.9. The molecule has 168 valence electrons. The largest absolute Gasteiger partial charge is 0.416 e. The number of rotatable bonds is 3. The molecule has 2 aromatic carbocycles. The molecule has 2 aromatic rings. The fourth-order valence-corrected chi connectivity index (χ4v) is 5.09. The van der Waals surface area contributed by atoms with E-state index in [0.717, 1.165) is 36.3 Å². The van der Waals surface area contributed by atoms with Gasteiger partial charge in [-0.05, 0) is 56.0 Å². The van der Waals surface area contributed by atoms with E-state index in [1.165, 1.54) is 28.8 Å². The molecule has 2 aliphatic rings. The van der Waals surface area contributed by atoms with Crippen LogP contribution < -0.4 is 4.90 Å². The van der Waals surface area contributed by atoms with E-state index in [9.17, 15) is 22.8 Å². The molecule has 0 radical (unpaired) electrons. The molecule has 1 fully saturated rings.